The molecule has 7 nitrogen and oxygen atoms in total. The van der Waals surface area contributed by atoms with Crippen LogP contribution in [0.1, 0.15) is 49.6 Å². The molecule has 6 rings (SSSR count). The van der Waals surface area contributed by atoms with Gasteiger partial charge in [-0.15, -0.1) is 11.3 Å². The van der Waals surface area contributed by atoms with Gasteiger partial charge in [0.2, 0.25) is 9.84 Å². The zero-order valence-electron chi connectivity index (χ0n) is 17.3. The highest BCUT2D eigenvalue weighted by Gasteiger charge is 2.35. The smallest absolute Gasteiger partial charge is 0.256 e. The molecule has 0 saturated carbocycles. The Labute approximate surface area is 193 Å². The minimum Gasteiger partial charge on any atom is -0.306 e. The van der Waals surface area contributed by atoms with E-state index in [1.165, 1.54) is 47.1 Å². The van der Waals surface area contributed by atoms with E-state index in [1.807, 2.05) is 0 Å². The molecule has 2 aromatic heterocycles. The van der Waals surface area contributed by atoms with Crippen molar-refractivity contribution in [1.29, 1.82) is 0 Å². The molecule has 0 unspecified atom stereocenters. The topological polar surface area (TPSA) is 106 Å². The molecule has 0 radical (unpaired) electrons. The van der Waals surface area contributed by atoms with Gasteiger partial charge in [0.1, 0.15) is 17.0 Å². The van der Waals surface area contributed by atoms with E-state index in [2.05, 4.69) is 15.3 Å². The third kappa shape index (κ3) is 3.03. The summed E-state index contributed by atoms with van der Waals surface area (Å²) in [7, 11) is -3.93. The average molecular weight is 476 g/mol. The number of benzene rings is 2. The molecule has 0 spiro atoms. The van der Waals surface area contributed by atoms with Crippen molar-refractivity contribution in [2.24, 2.45) is 0 Å². The molecule has 1 aliphatic heterocycles. The van der Waals surface area contributed by atoms with E-state index in [0.29, 0.717) is 5.82 Å². The summed E-state index contributed by atoms with van der Waals surface area (Å²) in [5.41, 5.74) is 1.54. The molecule has 0 saturated heterocycles. The normalized spacial score (nSPS) is 16.1. The monoisotopic (exact) mass is 475 g/mol. The summed E-state index contributed by atoms with van der Waals surface area (Å²) in [6.07, 6.45) is 5.57. The van der Waals surface area contributed by atoms with Crippen LogP contribution in [0.5, 0.6) is 0 Å². The van der Waals surface area contributed by atoms with Crippen LogP contribution in [0.4, 0.5) is 5.82 Å². The first-order valence-corrected chi connectivity index (χ1v) is 12.8. The maximum atomic E-state index is 13.2. The number of sulfone groups is 1. The van der Waals surface area contributed by atoms with E-state index < -0.39 is 15.7 Å². The summed E-state index contributed by atoms with van der Waals surface area (Å²) in [6.45, 7) is 0. The van der Waals surface area contributed by atoms with Crippen molar-refractivity contribution in [3.8, 4) is 0 Å². The Balaban J connectivity index is 1.41. The first-order valence-electron chi connectivity index (χ1n) is 10.5. The number of ketones is 1. The van der Waals surface area contributed by atoms with Crippen LogP contribution in [0.3, 0.4) is 0 Å². The lowest BCUT2D eigenvalue weighted by Gasteiger charge is -2.19. The van der Waals surface area contributed by atoms with E-state index in [-0.39, 0.29) is 32.3 Å². The van der Waals surface area contributed by atoms with Crippen molar-refractivity contribution in [3.05, 3.63) is 75.9 Å². The summed E-state index contributed by atoms with van der Waals surface area (Å²) in [5.74, 6) is -0.439. The Bertz CT molecular complexity index is 1610. The zero-order valence-corrected chi connectivity index (χ0v) is 18.9. The highest BCUT2D eigenvalue weighted by Crippen LogP contribution is 2.39. The highest BCUT2D eigenvalue weighted by atomic mass is 32.2. The predicted octanol–water partition coefficient (Wildman–Crippen LogP) is 4.20. The highest BCUT2D eigenvalue weighted by molar-refractivity contribution is 7.91. The van der Waals surface area contributed by atoms with E-state index in [4.69, 9.17) is 0 Å². The fraction of sp³-hybridized carbons (Fsp3) is 0.167. The van der Waals surface area contributed by atoms with E-state index in [1.54, 1.807) is 23.5 Å². The molecule has 1 N–H and O–H groups in total. The number of hydrogen-bond acceptors (Lipinski definition) is 7. The molecule has 164 valence electrons. The number of aromatic nitrogens is 2. The summed E-state index contributed by atoms with van der Waals surface area (Å²) in [6, 6.07) is 10.3. The molecule has 2 aliphatic rings. The Kier molecular flexibility index (Phi) is 4.46. The number of hydrogen-bond donors (Lipinski definition) is 1. The molecule has 2 aromatic carbocycles. The summed E-state index contributed by atoms with van der Waals surface area (Å²) >= 11 is 1.63. The quantitative estimate of drug-likeness (QED) is 0.410. The van der Waals surface area contributed by atoms with Crippen LogP contribution in [0.15, 0.2) is 58.6 Å². The van der Waals surface area contributed by atoms with Crippen LogP contribution in [-0.4, -0.2) is 30.1 Å². The van der Waals surface area contributed by atoms with Gasteiger partial charge in [-0.25, -0.2) is 18.4 Å². The number of amides is 1. The van der Waals surface area contributed by atoms with Gasteiger partial charge in [0.15, 0.2) is 5.78 Å². The Hall–Kier alpha value is -3.43. The van der Waals surface area contributed by atoms with Crippen molar-refractivity contribution in [2.45, 2.75) is 35.5 Å². The van der Waals surface area contributed by atoms with E-state index in [9.17, 15) is 18.0 Å². The zero-order chi connectivity index (χ0) is 22.7. The molecular weight excluding hydrogens is 458 g/mol. The predicted molar refractivity (Wildman–Crippen MR) is 124 cm³/mol. The van der Waals surface area contributed by atoms with Gasteiger partial charge in [-0.2, -0.15) is 0 Å². The second-order valence-electron chi connectivity index (χ2n) is 8.11. The SMILES string of the molecule is O=C(Nc1ncnc2sc3c(c12)CCCC3)c1ccc2c(c1)S(=O)(=O)c1ccccc1C2=O. The number of fused-ring (bicyclic) bond motifs is 5. The Morgan fingerprint density at radius 2 is 1.76 bits per heavy atom. The second kappa shape index (κ2) is 7.29. The molecule has 0 fully saturated rings. The molecule has 0 atom stereocenters. The molecule has 1 amide bonds. The van der Waals surface area contributed by atoms with E-state index >= 15 is 0 Å². The van der Waals surface area contributed by atoms with Crippen LogP contribution in [-0.2, 0) is 22.7 Å². The van der Waals surface area contributed by atoms with Crippen LogP contribution in [0.25, 0.3) is 10.2 Å². The lowest BCUT2D eigenvalue weighted by Crippen LogP contribution is -2.22. The standard InChI is InChI=1S/C24H17N3O4S2/c28-21-15-6-2-4-8-18(15)33(30,31)19-11-13(9-10-16(19)21)23(29)27-22-20-14-5-1-3-7-17(14)32-24(20)26-12-25-22/h2,4,6,8-12H,1,3,5,7H2,(H,25,26,27,29). The van der Waals surface area contributed by atoms with Gasteiger partial charge in [-0.05, 0) is 61.6 Å². The van der Waals surface area contributed by atoms with Crippen LogP contribution < -0.4 is 5.32 Å². The van der Waals surface area contributed by atoms with Gasteiger partial charge in [0.05, 0.1) is 15.2 Å². The lowest BCUT2D eigenvalue weighted by molar-refractivity contribution is 0.101. The number of nitrogens with one attached hydrogen (secondary N) is 1. The minimum atomic E-state index is -3.93. The van der Waals surface area contributed by atoms with Crippen molar-refractivity contribution in [3.63, 3.8) is 0 Å². The number of rotatable bonds is 2. The largest absolute Gasteiger partial charge is 0.306 e. The van der Waals surface area contributed by atoms with Gasteiger partial charge in [-0.1, -0.05) is 12.1 Å². The van der Waals surface area contributed by atoms with Crippen molar-refractivity contribution < 1.29 is 18.0 Å². The van der Waals surface area contributed by atoms with E-state index in [0.717, 1.165) is 35.9 Å². The number of nitrogens with zero attached hydrogens (tertiary/aromatic N) is 2. The van der Waals surface area contributed by atoms with Crippen molar-refractivity contribution >= 4 is 48.9 Å². The van der Waals surface area contributed by atoms with Gasteiger partial charge >= 0.3 is 0 Å². The van der Waals surface area contributed by atoms with Crippen LogP contribution >= 0.6 is 11.3 Å². The summed E-state index contributed by atoms with van der Waals surface area (Å²) < 4.78 is 26.3. The first-order chi connectivity index (χ1) is 15.9. The Morgan fingerprint density at radius 1 is 0.970 bits per heavy atom. The van der Waals surface area contributed by atoms with Gasteiger partial charge in [-0.3, -0.25) is 9.59 Å². The van der Waals surface area contributed by atoms with Gasteiger partial charge in [0, 0.05) is 21.6 Å². The fourth-order valence-electron chi connectivity index (χ4n) is 4.59. The third-order valence-corrected chi connectivity index (χ3v) is 9.23. The number of thiophene rings is 1. The maximum absolute atomic E-state index is 13.2. The molecular formula is C24H17N3O4S2. The lowest BCUT2D eigenvalue weighted by atomic mass is 9.97. The minimum absolute atomic E-state index is 0.0394. The first kappa shape index (κ1) is 20.2. The molecule has 0 bridgehead atoms. The molecule has 4 aromatic rings. The number of carbonyl (C=O) groups excluding carboxylic acids is 2. The average Bonchev–Trinajstić information content (AvgIpc) is 3.22. The molecule has 33 heavy (non-hydrogen) atoms. The van der Waals surface area contributed by atoms with Crippen LogP contribution in [0.2, 0.25) is 0 Å². The fourth-order valence-corrected chi connectivity index (χ4v) is 7.50. The number of carbonyl (C=O) groups is 2. The summed E-state index contributed by atoms with van der Waals surface area (Å²) in [5, 5.41) is 3.70. The molecule has 3 heterocycles. The van der Waals surface area contributed by atoms with Crippen molar-refractivity contribution in [2.75, 3.05) is 5.32 Å². The third-order valence-electron chi connectivity index (χ3n) is 6.18. The maximum Gasteiger partial charge on any atom is 0.256 e. The molecule has 1 aliphatic carbocycles. The molecule has 9 heteroatoms. The van der Waals surface area contributed by atoms with Crippen LogP contribution in [0, 0.1) is 0 Å². The summed E-state index contributed by atoms with van der Waals surface area (Å²) in [4.78, 5) is 36.6. The van der Waals surface area contributed by atoms with Gasteiger partial charge < -0.3 is 5.32 Å². The second-order valence-corrected chi connectivity index (χ2v) is 11.1. The van der Waals surface area contributed by atoms with Crippen molar-refractivity contribution in [1.82, 2.24) is 9.97 Å². The number of aryl methyl sites for hydroxylation is 2. The Morgan fingerprint density at radius 3 is 2.64 bits per heavy atom. The van der Waals surface area contributed by atoms with Gasteiger partial charge in [0.25, 0.3) is 5.91 Å². The number of anilines is 1.